The fourth-order valence-electron chi connectivity index (χ4n) is 2.08. The third kappa shape index (κ3) is 2.55. The van der Waals surface area contributed by atoms with Crippen LogP contribution in [-0.4, -0.2) is 20.8 Å². The first kappa shape index (κ1) is 14.9. The van der Waals surface area contributed by atoms with Crippen molar-refractivity contribution in [1.29, 1.82) is 0 Å². The second kappa shape index (κ2) is 5.62. The van der Waals surface area contributed by atoms with Gasteiger partial charge < -0.3 is 5.32 Å². The molecule has 0 saturated carbocycles. The number of hydrogen-bond donors (Lipinski definition) is 1. The molecule has 1 saturated heterocycles. The zero-order chi connectivity index (χ0) is 15.9. The van der Waals surface area contributed by atoms with Crippen LogP contribution in [0.3, 0.4) is 0 Å². The highest BCUT2D eigenvalue weighted by atomic mass is 79.9. The van der Waals surface area contributed by atoms with E-state index in [-0.39, 0.29) is 16.8 Å². The predicted octanol–water partition coefficient (Wildman–Crippen LogP) is 2.58. The number of aryl methyl sites for hydroxylation is 1. The smallest absolute Gasteiger partial charge is 0.281 e. The van der Waals surface area contributed by atoms with Crippen molar-refractivity contribution < 1.29 is 9.18 Å². The lowest BCUT2D eigenvalue weighted by Gasteiger charge is -2.13. The molecule has 1 aromatic heterocycles. The van der Waals surface area contributed by atoms with Crippen molar-refractivity contribution in [2.45, 2.75) is 0 Å². The Hall–Kier alpha value is -2.06. The Morgan fingerprint density at radius 3 is 2.64 bits per heavy atom. The van der Waals surface area contributed by atoms with Gasteiger partial charge in [-0.05, 0) is 58.5 Å². The van der Waals surface area contributed by atoms with Crippen LogP contribution in [0.5, 0.6) is 0 Å². The second-order valence-electron chi connectivity index (χ2n) is 4.61. The molecule has 22 heavy (non-hydrogen) atoms. The number of thiocarbonyl (C=S) groups is 1. The fourth-order valence-corrected chi connectivity index (χ4v) is 2.84. The van der Waals surface area contributed by atoms with E-state index in [9.17, 15) is 9.18 Å². The second-order valence-corrected chi connectivity index (χ2v) is 5.85. The average molecular weight is 381 g/mol. The van der Waals surface area contributed by atoms with Gasteiger partial charge in [0.05, 0.1) is 22.1 Å². The predicted molar refractivity (Wildman–Crippen MR) is 88.5 cm³/mol. The maximum absolute atomic E-state index is 13.0. The molecule has 112 valence electrons. The van der Waals surface area contributed by atoms with E-state index in [4.69, 9.17) is 12.2 Å². The summed E-state index contributed by atoms with van der Waals surface area (Å²) in [6.07, 6.45) is 3.30. The summed E-state index contributed by atoms with van der Waals surface area (Å²) in [6.45, 7) is 0. The van der Waals surface area contributed by atoms with Gasteiger partial charge in [-0.1, -0.05) is 0 Å². The maximum atomic E-state index is 13.0. The Morgan fingerprint density at radius 1 is 1.36 bits per heavy atom. The number of amides is 1. The largest absolute Gasteiger partial charge is 0.327 e. The Labute approximate surface area is 139 Å². The third-order valence-electron chi connectivity index (χ3n) is 3.18. The highest BCUT2D eigenvalue weighted by Gasteiger charge is 2.32. The average Bonchev–Trinajstić information content (AvgIpc) is 2.94. The summed E-state index contributed by atoms with van der Waals surface area (Å²) >= 11 is 8.57. The molecule has 2 aromatic rings. The van der Waals surface area contributed by atoms with E-state index < -0.39 is 0 Å². The standard InChI is InChI=1S/C14H10BrFN4OS/c1-19-12(10(15)7-17-19)6-11-13(21)20(14(22)18-11)9-4-2-8(16)3-5-9/h2-7H,1H3,(H,18,22)/b11-6+. The van der Waals surface area contributed by atoms with Gasteiger partial charge in [-0.2, -0.15) is 5.10 Å². The van der Waals surface area contributed by atoms with Crippen molar-refractivity contribution in [3.05, 3.63) is 52.1 Å². The molecular formula is C14H10BrFN4OS. The van der Waals surface area contributed by atoms with Crippen LogP contribution in [0.15, 0.2) is 40.6 Å². The minimum absolute atomic E-state index is 0.251. The SMILES string of the molecule is Cn1ncc(Br)c1/C=C1/NC(=S)N(c2ccc(F)cc2)C1=O. The zero-order valence-electron chi connectivity index (χ0n) is 11.4. The van der Waals surface area contributed by atoms with Gasteiger partial charge in [0.25, 0.3) is 5.91 Å². The van der Waals surface area contributed by atoms with E-state index in [2.05, 4.69) is 26.3 Å². The van der Waals surface area contributed by atoms with E-state index in [0.717, 1.165) is 10.2 Å². The Bertz CT molecular complexity index is 780. The first-order valence-electron chi connectivity index (χ1n) is 6.27. The highest BCUT2D eigenvalue weighted by molar-refractivity contribution is 9.10. The van der Waals surface area contributed by atoms with Crippen molar-refractivity contribution in [2.75, 3.05) is 4.90 Å². The van der Waals surface area contributed by atoms with Crippen LogP contribution in [0.2, 0.25) is 0 Å². The molecule has 5 nitrogen and oxygen atoms in total. The summed E-state index contributed by atoms with van der Waals surface area (Å²) in [4.78, 5) is 13.8. The number of carbonyl (C=O) groups is 1. The molecule has 2 heterocycles. The molecular weight excluding hydrogens is 371 g/mol. The molecule has 0 spiro atoms. The molecule has 0 atom stereocenters. The minimum atomic E-state index is -0.371. The van der Waals surface area contributed by atoms with Crippen molar-refractivity contribution in [3.63, 3.8) is 0 Å². The van der Waals surface area contributed by atoms with Gasteiger partial charge in [0.2, 0.25) is 0 Å². The molecule has 1 amide bonds. The quantitative estimate of drug-likeness (QED) is 0.642. The molecule has 1 N–H and O–H groups in total. The van der Waals surface area contributed by atoms with Crippen molar-refractivity contribution in [1.82, 2.24) is 15.1 Å². The van der Waals surface area contributed by atoms with E-state index in [0.29, 0.717) is 11.4 Å². The Balaban J connectivity index is 1.96. The third-order valence-corrected chi connectivity index (χ3v) is 4.08. The van der Waals surface area contributed by atoms with Gasteiger partial charge in [-0.15, -0.1) is 0 Å². The normalized spacial score (nSPS) is 16.5. The molecule has 8 heteroatoms. The number of benzene rings is 1. The molecule has 1 aliphatic heterocycles. The van der Waals surface area contributed by atoms with Crippen LogP contribution in [0.4, 0.5) is 10.1 Å². The molecule has 3 rings (SSSR count). The number of nitrogens with one attached hydrogen (secondary N) is 1. The van der Waals surface area contributed by atoms with Crippen LogP contribution in [0.1, 0.15) is 5.69 Å². The summed E-state index contributed by atoms with van der Waals surface area (Å²) in [5, 5.41) is 7.21. The molecule has 1 fully saturated rings. The lowest BCUT2D eigenvalue weighted by molar-refractivity contribution is -0.113. The number of halogens is 2. The van der Waals surface area contributed by atoms with Crippen LogP contribution < -0.4 is 10.2 Å². The van der Waals surface area contributed by atoms with Gasteiger partial charge in [0.15, 0.2) is 5.11 Å². The number of nitrogens with zero attached hydrogens (tertiary/aromatic N) is 3. The first-order chi connectivity index (χ1) is 10.5. The maximum Gasteiger partial charge on any atom is 0.281 e. The van der Waals surface area contributed by atoms with E-state index >= 15 is 0 Å². The van der Waals surface area contributed by atoms with E-state index in [1.165, 1.54) is 29.2 Å². The Kier molecular flexibility index (Phi) is 3.79. The minimum Gasteiger partial charge on any atom is -0.327 e. The van der Waals surface area contributed by atoms with Gasteiger partial charge in [-0.25, -0.2) is 4.39 Å². The number of aromatic nitrogens is 2. The summed E-state index contributed by atoms with van der Waals surface area (Å²) in [5.74, 6) is -0.673. The van der Waals surface area contributed by atoms with Crippen LogP contribution in [0.25, 0.3) is 6.08 Å². The summed E-state index contributed by atoms with van der Waals surface area (Å²) in [6, 6.07) is 5.57. The molecule has 1 aromatic carbocycles. The summed E-state index contributed by atoms with van der Waals surface area (Å²) < 4.78 is 15.4. The van der Waals surface area contributed by atoms with E-state index in [1.54, 1.807) is 24.0 Å². The summed E-state index contributed by atoms with van der Waals surface area (Å²) in [7, 11) is 1.77. The lowest BCUT2D eigenvalue weighted by Crippen LogP contribution is -2.30. The van der Waals surface area contributed by atoms with Crippen molar-refractivity contribution in [2.24, 2.45) is 7.05 Å². The number of hydrogen-bond acceptors (Lipinski definition) is 3. The first-order valence-corrected chi connectivity index (χ1v) is 7.47. The van der Waals surface area contributed by atoms with Crippen molar-refractivity contribution in [3.8, 4) is 0 Å². The van der Waals surface area contributed by atoms with Gasteiger partial charge in [0.1, 0.15) is 11.5 Å². The number of carbonyl (C=O) groups excluding carboxylic acids is 1. The number of rotatable bonds is 2. The van der Waals surface area contributed by atoms with Crippen LogP contribution >= 0.6 is 28.1 Å². The zero-order valence-corrected chi connectivity index (χ0v) is 13.8. The highest BCUT2D eigenvalue weighted by Crippen LogP contribution is 2.24. The molecule has 0 aliphatic carbocycles. The fraction of sp³-hybridized carbons (Fsp3) is 0.0714. The number of anilines is 1. The molecule has 0 bridgehead atoms. The Morgan fingerprint density at radius 2 is 2.05 bits per heavy atom. The van der Waals surface area contributed by atoms with Crippen molar-refractivity contribution >= 4 is 50.9 Å². The monoisotopic (exact) mass is 380 g/mol. The topological polar surface area (TPSA) is 50.2 Å². The van der Waals surface area contributed by atoms with E-state index in [1.807, 2.05) is 0 Å². The van der Waals surface area contributed by atoms with Gasteiger partial charge >= 0.3 is 0 Å². The lowest BCUT2D eigenvalue weighted by atomic mass is 10.2. The van der Waals surface area contributed by atoms with Gasteiger partial charge in [0, 0.05) is 7.05 Å². The summed E-state index contributed by atoms with van der Waals surface area (Å²) in [5.41, 5.74) is 1.58. The molecule has 0 unspecified atom stereocenters. The van der Waals surface area contributed by atoms with Crippen LogP contribution in [-0.2, 0) is 11.8 Å². The molecule has 1 aliphatic rings. The molecule has 0 radical (unpaired) electrons. The van der Waals surface area contributed by atoms with Gasteiger partial charge in [-0.3, -0.25) is 14.4 Å². The van der Waals surface area contributed by atoms with Crippen LogP contribution in [0, 0.1) is 5.82 Å².